The van der Waals surface area contributed by atoms with Crippen LogP contribution < -0.4 is 21.6 Å². The first-order valence-corrected chi connectivity index (χ1v) is 5.69. The van der Waals surface area contributed by atoms with E-state index in [9.17, 15) is 0 Å². The summed E-state index contributed by atoms with van der Waals surface area (Å²) in [7, 11) is 0. The second-order valence-corrected chi connectivity index (χ2v) is 3.80. The molecule has 5 heteroatoms. The van der Waals surface area contributed by atoms with Crippen LogP contribution in [0.5, 0.6) is 5.75 Å². The van der Waals surface area contributed by atoms with E-state index < -0.39 is 0 Å². The Morgan fingerprint density at radius 3 is 2.67 bits per heavy atom. The molecular formula is C13H16N4O. The van der Waals surface area contributed by atoms with Crippen molar-refractivity contribution < 1.29 is 4.74 Å². The van der Waals surface area contributed by atoms with E-state index in [1.54, 1.807) is 0 Å². The molecule has 0 bridgehead atoms. The van der Waals surface area contributed by atoms with Gasteiger partial charge in [0.2, 0.25) is 5.96 Å². The number of rotatable bonds is 5. The fourth-order valence-corrected chi connectivity index (χ4v) is 1.62. The Balaban J connectivity index is 1.90. The maximum atomic E-state index is 5.58. The van der Waals surface area contributed by atoms with Crippen LogP contribution in [0.1, 0.15) is 0 Å². The van der Waals surface area contributed by atoms with Crippen molar-refractivity contribution in [2.24, 2.45) is 16.6 Å². The molecule has 0 saturated carbocycles. The molecule has 2 rings (SSSR count). The second kappa shape index (κ2) is 5.77. The van der Waals surface area contributed by atoms with Crippen molar-refractivity contribution in [3.8, 4) is 5.75 Å². The topological polar surface area (TPSA) is 85.7 Å². The molecule has 0 amide bonds. The average Bonchev–Trinajstić information content (AvgIpc) is 2.38. The highest BCUT2D eigenvalue weighted by atomic mass is 16.5. The van der Waals surface area contributed by atoms with Gasteiger partial charge >= 0.3 is 0 Å². The van der Waals surface area contributed by atoms with Gasteiger partial charge in [-0.2, -0.15) is 0 Å². The molecule has 0 fully saturated rings. The molecule has 0 aromatic heterocycles. The van der Waals surface area contributed by atoms with Gasteiger partial charge in [0.25, 0.3) is 0 Å². The van der Waals surface area contributed by atoms with E-state index in [4.69, 9.17) is 16.2 Å². The van der Waals surface area contributed by atoms with Crippen molar-refractivity contribution in [3.05, 3.63) is 42.5 Å². The molecule has 18 heavy (non-hydrogen) atoms. The Kier molecular flexibility index (Phi) is 3.86. The SMILES string of the molecule is NC(N)=NNCCOc1ccc2ccccc2c1. The highest BCUT2D eigenvalue weighted by Gasteiger charge is 1.96. The zero-order chi connectivity index (χ0) is 12.8. The van der Waals surface area contributed by atoms with Gasteiger partial charge in [0.15, 0.2) is 0 Å². The fraction of sp³-hybridized carbons (Fsp3) is 0.154. The van der Waals surface area contributed by atoms with Gasteiger partial charge in [0.05, 0.1) is 6.54 Å². The smallest absolute Gasteiger partial charge is 0.208 e. The van der Waals surface area contributed by atoms with Gasteiger partial charge in [-0.1, -0.05) is 30.3 Å². The molecular weight excluding hydrogens is 228 g/mol. The molecule has 0 aliphatic heterocycles. The highest BCUT2D eigenvalue weighted by molar-refractivity contribution is 5.83. The van der Waals surface area contributed by atoms with Crippen LogP contribution in [-0.4, -0.2) is 19.1 Å². The average molecular weight is 244 g/mol. The van der Waals surface area contributed by atoms with Gasteiger partial charge in [-0.05, 0) is 22.9 Å². The van der Waals surface area contributed by atoms with Crippen LogP contribution in [0.2, 0.25) is 0 Å². The normalized spacial score (nSPS) is 10.0. The Hall–Kier alpha value is -2.43. The first-order chi connectivity index (χ1) is 8.75. The summed E-state index contributed by atoms with van der Waals surface area (Å²) in [5.74, 6) is 0.848. The first-order valence-electron chi connectivity index (χ1n) is 5.69. The molecule has 0 spiro atoms. The minimum Gasteiger partial charge on any atom is -0.492 e. The Bertz CT molecular complexity index is 549. The van der Waals surface area contributed by atoms with Crippen LogP contribution in [0.15, 0.2) is 47.6 Å². The lowest BCUT2D eigenvalue weighted by Gasteiger charge is -2.07. The molecule has 0 radical (unpaired) electrons. The molecule has 0 aliphatic rings. The molecule has 0 saturated heterocycles. The van der Waals surface area contributed by atoms with E-state index in [0.717, 1.165) is 11.1 Å². The highest BCUT2D eigenvalue weighted by Crippen LogP contribution is 2.20. The Morgan fingerprint density at radius 1 is 1.11 bits per heavy atom. The van der Waals surface area contributed by atoms with E-state index in [2.05, 4.69) is 22.7 Å². The number of hydrogen-bond acceptors (Lipinski definition) is 3. The van der Waals surface area contributed by atoms with Crippen LogP contribution in [0.25, 0.3) is 10.8 Å². The van der Waals surface area contributed by atoms with Crippen molar-refractivity contribution in [3.63, 3.8) is 0 Å². The zero-order valence-corrected chi connectivity index (χ0v) is 9.97. The van der Waals surface area contributed by atoms with Crippen molar-refractivity contribution in [1.29, 1.82) is 0 Å². The summed E-state index contributed by atoms with van der Waals surface area (Å²) in [4.78, 5) is 0. The van der Waals surface area contributed by atoms with Gasteiger partial charge in [-0.25, -0.2) is 0 Å². The largest absolute Gasteiger partial charge is 0.492 e. The third kappa shape index (κ3) is 3.28. The molecule has 5 nitrogen and oxygen atoms in total. The molecule has 0 heterocycles. The van der Waals surface area contributed by atoms with Crippen molar-refractivity contribution in [2.45, 2.75) is 0 Å². The molecule has 2 aromatic rings. The Morgan fingerprint density at radius 2 is 1.89 bits per heavy atom. The summed E-state index contributed by atoms with van der Waals surface area (Å²) in [6.07, 6.45) is 0. The van der Waals surface area contributed by atoms with Gasteiger partial charge in [0.1, 0.15) is 12.4 Å². The second-order valence-electron chi connectivity index (χ2n) is 3.80. The predicted molar refractivity (Wildman–Crippen MR) is 73.3 cm³/mol. The standard InChI is InChI=1S/C13H16N4O/c14-13(15)17-16-7-8-18-12-6-5-10-3-1-2-4-11(10)9-12/h1-6,9,16H,7-8H2,(H4,14,15,17). The zero-order valence-electron chi connectivity index (χ0n) is 9.97. The van der Waals surface area contributed by atoms with Crippen molar-refractivity contribution in [2.75, 3.05) is 13.2 Å². The maximum Gasteiger partial charge on any atom is 0.208 e. The van der Waals surface area contributed by atoms with E-state index >= 15 is 0 Å². The lowest BCUT2D eigenvalue weighted by molar-refractivity contribution is 0.316. The molecule has 0 aliphatic carbocycles. The predicted octanol–water partition coefficient (Wildman–Crippen LogP) is 0.997. The molecule has 0 unspecified atom stereocenters. The minimum absolute atomic E-state index is 0.0145. The summed E-state index contributed by atoms with van der Waals surface area (Å²) >= 11 is 0. The van der Waals surface area contributed by atoms with Crippen LogP contribution in [0.4, 0.5) is 0 Å². The Labute approximate surface area is 105 Å². The first kappa shape index (κ1) is 12.0. The molecule has 5 N–H and O–H groups in total. The van der Waals surface area contributed by atoms with Crippen LogP contribution in [0, 0.1) is 0 Å². The summed E-state index contributed by atoms with van der Waals surface area (Å²) < 4.78 is 5.58. The number of nitrogens with two attached hydrogens (primary N) is 2. The van der Waals surface area contributed by atoms with Crippen molar-refractivity contribution in [1.82, 2.24) is 5.43 Å². The van der Waals surface area contributed by atoms with Gasteiger partial charge < -0.3 is 21.6 Å². The number of guanidine groups is 1. The number of ether oxygens (including phenoxy) is 1. The monoisotopic (exact) mass is 244 g/mol. The number of fused-ring (bicyclic) bond motifs is 1. The van der Waals surface area contributed by atoms with Crippen LogP contribution in [0.3, 0.4) is 0 Å². The molecule has 2 aromatic carbocycles. The fourth-order valence-electron chi connectivity index (χ4n) is 1.62. The van der Waals surface area contributed by atoms with Gasteiger partial charge in [0, 0.05) is 0 Å². The maximum absolute atomic E-state index is 5.58. The van der Waals surface area contributed by atoms with Gasteiger partial charge in [-0.3, -0.25) is 0 Å². The quantitative estimate of drug-likeness (QED) is 0.317. The van der Waals surface area contributed by atoms with E-state index in [-0.39, 0.29) is 5.96 Å². The number of benzene rings is 2. The molecule has 0 atom stereocenters. The third-order valence-electron chi connectivity index (χ3n) is 2.41. The summed E-state index contributed by atoms with van der Waals surface area (Å²) in [5.41, 5.74) is 13.1. The summed E-state index contributed by atoms with van der Waals surface area (Å²) in [6.45, 7) is 1.04. The van der Waals surface area contributed by atoms with Crippen LogP contribution >= 0.6 is 0 Å². The summed E-state index contributed by atoms with van der Waals surface area (Å²) in [5, 5.41) is 6.01. The number of hydrogen-bond donors (Lipinski definition) is 3. The third-order valence-corrected chi connectivity index (χ3v) is 2.41. The lowest BCUT2D eigenvalue weighted by Crippen LogP contribution is -2.27. The lowest BCUT2D eigenvalue weighted by atomic mass is 10.1. The summed E-state index contributed by atoms with van der Waals surface area (Å²) in [6, 6.07) is 14.1. The van der Waals surface area contributed by atoms with Crippen LogP contribution in [-0.2, 0) is 0 Å². The molecule has 94 valence electrons. The minimum atomic E-state index is 0.0145. The van der Waals surface area contributed by atoms with Crippen molar-refractivity contribution >= 4 is 16.7 Å². The number of nitrogens with zero attached hydrogens (tertiary/aromatic N) is 1. The van der Waals surface area contributed by atoms with E-state index in [1.807, 2.05) is 30.3 Å². The number of nitrogens with one attached hydrogen (secondary N) is 1. The van der Waals surface area contributed by atoms with E-state index in [0.29, 0.717) is 13.2 Å². The van der Waals surface area contributed by atoms with Gasteiger partial charge in [-0.15, -0.1) is 5.10 Å². The van der Waals surface area contributed by atoms with E-state index in [1.165, 1.54) is 5.39 Å². The number of hydrazone groups is 1.